The molecule has 5 nitrogen and oxygen atoms in total. The summed E-state index contributed by atoms with van der Waals surface area (Å²) in [5.41, 5.74) is 0. The van der Waals surface area contributed by atoms with Crippen LogP contribution in [0.1, 0.15) is 71.2 Å². The Kier molecular flexibility index (Phi) is 5.31. The van der Waals surface area contributed by atoms with Crippen LogP contribution in [-0.2, 0) is 6.54 Å². The molecule has 5 heteroatoms. The molecular formula is C14H27N5. The van der Waals surface area contributed by atoms with Crippen LogP contribution in [0, 0.1) is 5.92 Å². The van der Waals surface area contributed by atoms with Crippen LogP contribution in [0.4, 0.5) is 0 Å². The fourth-order valence-corrected chi connectivity index (χ4v) is 2.99. The van der Waals surface area contributed by atoms with Crippen molar-refractivity contribution in [3.05, 3.63) is 5.82 Å². The molecule has 0 radical (unpaired) electrons. The molecule has 0 aliphatic heterocycles. The van der Waals surface area contributed by atoms with Gasteiger partial charge in [0.1, 0.15) is 0 Å². The van der Waals surface area contributed by atoms with E-state index in [0.717, 1.165) is 18.3 Å². The number of hydrogen-bond acceptors (Lipinski definition) is 4. The van der Waals surface area contributed by atoms with E-state index in [-0.39, 0.29) is 0 Å². The molecule has 1 aromatic heterocycles. The molecule has 1 N–H and O–H groups in total. The number of rotatable bonds is 6. The molecule has 0 aromatic carbocycles. The number of hydrogen-bond donors (Lipinski definition) is 1. The highest BCUT2D eigenvalue weighted by Gasteiger charge is 2.24. The Labute approximate surface area is 116 Å². The highest BCUT2D eigenvalue weighted by atomic mass is 15.6. The lowest BCUT2D eigenvalue weighted by molar-refractivity contribution is 0.243. The topological polar surface area (TPSA) is 55.6 Å². The Hall–Kier alpha value is -0.970. The number of nitrogens with one attached hydrogen (secondary N) is 1. The first kappa shape index (κ1) is 14.4. The standard InChI is InChI=1S/C14H27N5/c1-4-5-12-6-8-13(9-7-12)19-14(16-17-18-19)10-15-11(2)3/h11-13,15H,4-10H2,1-3H3. The first-order chi connectivity index (χ1) is 9.20. The summed E-state index contributed by atoms with van der Waals surface area (Å²) in [7, 11) is 0. The van der Waals surface area contributed by atoms with Crippen LogP contribution in [0.5, 0.6) is 0 Å². The van der Waals surface area contributed by atoms with Crippen molar-refractivity contribution < 1.29 is 0 Å². The molecule has 1 heterocycles. The predicted octanol–water partition coefficient (Wildman–Crippen LogP) is 2.70. The van der Waals surface area contributed by atoms with Crippen LogP contribution in [0.15, 0.2) is 0 Å². The molecule has 0 amide bonds. The SMILES string of the molecule is CCCC1CCC(n2nnnc2CNC(C)C)CC1. The Morgan fingerprint density at radius 3 is 2.63 bits per heavy atom. The zero-order valence-corrected chi connectivity index (χ0v) is 12.5. The Bertz CT molecular complexity index is 366. The third-order valence-electron chi connectivity index (χ3n) is 4.09. The molecule has 2 rings (SSSR count). The fourth-order valence-electron chi connectivity index (χ4n) is 2.99. The quantitative estimate of drug-likeness (QED) is 0.859. The Balaban J connectivity index is 1.90. The van der Waals surface area contributed by atoms with E-state index >= 15 is 0 Å². The van der Waals surface area contributed by atoms with Crippen LogP contribution < -0.4 is 5.32 Å². The summed E-state index contributed by atoms with van der Waals surface area (Å²) in [6.45, 7) is 7.33. The average molecular weight is 265 g/mol. The lowest BCUT2D eigenvalue weighted by Crippen LogP contribution is -2.27. The van der Waals surface area contributed by atoms with Gasteiger partial charge >= 0.3 is 0 Å². The van der Waals surface area contributed by atoms with Gasteiger partial charge in [-0.1, -0.05) is 33.6 Å². The minimum atomic E-state index is 0.463. The lowest BCUT2D eigenvalue weighted by Gasteiger charge is -2.28. The molecule has 0 unspecified atom stereocenters. The Morgan fingerprint density at radius 1 is 1.26 bits per heavy atom. The lowest BCUT2D eigenvalue weighted by atomic mass is 9.83. The second-order valence-corrected chi connectivity index (χ2v) is 6.04. The first-order valence-electron chi connectivity index (χ1n) is 7.70. The van der Waals surface area contributed by atoms with E-state index in [2.05, 4.69) is 46.3 Å². The van der Waals surface area contributed by atoms with Crippen molar-refractivity contribution in [2.24, 2.45) is 5.92 Å². The van der Waals surface area contributed by atoms with Gasteiger partial charge in [-0.2, -0.15) is 0 Å². The molecule has 1 saturated carbocycles. The van der Waals surface area contributed by atoms with Gasteiger partial charge in [-0.25, -0.2) is 4.68 Å². The number of tetrazole rings is 1. The van der Waals surface area contributed by atoms with Crippen molar-refractivity contribution >= 4 is 0 Å². The number of aromatic nitrogens is 4. The zero-order chi connectivity index (χ0) is 13.7. The Morgan fingerprint density at radius 2 is 2.00 bits per heavy atom. The van der Waals surface area contributed by atoms with E-state index in [1.165, 1.54) is 38.5 Å². The first-order valence-corrected chi connectivity index (χ1v) is 7.70. The molecule has 0 atom stereocenters. The molecule has 1 aliphatic carbocycles. The normalized spacial score (nSPS) is 24.0. The van der Waals surface area contributed by atoms with Crippen molar-refractivity contribution in [1.29, 1.82) is 0 Å². The van der Waals surface area contributed by atoms with Crippen molar-refractivity contribution in [1.82, 2.24) is 25.5 Å². The minimum Gasteiger partial charge on any atom is -0.308 e. The monoisotopic (exact) mass is 265 g/mol. The molecule has 1 aliphatic rings. The van der Waals surface area contributed by atoms with Crippen molar-refractivity contribution in [2.45, 2.75) is 77.9 Å². The smallest absolute Gasteiger partial charge is 0.165 e. The van der Waals surface area contributed by atoms with E-state index < -0.39 is 0 Å². The van der Waals surface area contributed by atoms with Gasteiger partial charge in [0.2, 0.25) is 0 Å². The largest absolute Gasteiger partial charge is 0.308 e. The molecule has 19 heavy (non-hydrogen) atoms. The van der Waals surface area contributed by atoms with E-state index in [9.17, 15) is 0 Å². The molecule has 1 fully saturated rings. The third-order valence-corrected chi connectivity index (χ3v) is 4.09. The predicted molar refractivity (Wildman–Crippen MR) is 75.7 cm³/mol. The molecule has 0 spiro atoms. The van der Waals surface area contributed by atoms with Gasteiger partial charge in [0.05, 0.1) is 12.6 Å². The summed E-state index contributed by atoms with van der Waals surface area (Å²) in [6.07, 6.45) is 7.80. The van der Waals surface area contributed by atoms with Gasteiger partial charge < -0.3 is 5.32 Å². The van der Waals surface area contributed by atoms with Gasteiger partial charge in [0.25, 0.3) is 0 Å². The van der Waals surface area contributed by atoms with Gasteiger partial charge in [-0.3, -0.25) is 0 Å². The average Bonchev–Trinajstić information content (AvgIpc) is 2.86. The summed E-state index contributed by atoms with van der Waals surface area (Å²) < 4.78 is 2.05. The maximum absolute atomic E-state index is 4.20. The zero-order valence-electron chi connectivity index (χ0n) is 12.5. The van der Waals surface area contributed by atoms with Gasteiger partial charge in [0, 0.05) is 6.04 Å². The molecular weight excluding hydrogens is 238 g/mol. The maximum Gasteiger partial charge on any atom is 0.165 e. The van der Waals surface area contributed by atoms with Gasteiger partial charge in [-0.05, 0) is 42.0 Å². The summed E-state index contributed by atoms with van der Waals surface area (Å²) >= 11 is 0. The van der Waals surface area contributed by atoms with Crippen LogP contribution in [0.3, 0.4) is 0 Å². The summed E-state index contributed by atoms with van der Waals surface area (Å²) in [5, 5.41) is 15.6. The highest BCUT2D eigenvalue weighted by Crippen LogP contribution is 2.34. The maximum atomic E-state index is 4.20. The van der Waals surface area contributed by atoms with Crippen molar-refractivity contribution in [3.63, 3.8) is 0 Å². The molecule has 0 bridgehead atoms. The molecule has 1 aromatic rings. The van der Waals surface area contributed by atoms with Gasteiger partial charge in [0.15, 0.2) is 5.82 Å². The fraction of sp³-hybridized carbons (Fsp3) is 0.929. The van der Waals surface area contributed by atoms with Crippen molar-refractivity contribution in [3.8, 4) is 0 Å². The van der Waals surface area contributed by atoms with E-state index in [4.69, 9.17) is 0 Å². The molecule has 0 saturated heterocycles. The second kappa shape index (κ2) is 6.98. The van der Waals surface area contributed by atoms with E-state index in [1.54, 1.807) is 0 Å². The summed E-state index contributed by atoms with van der Waals surface area (Å²) in [4.78, 5) is 0. The van der Waals surface area contributed by atoms with E-state index in [1.807, 2.05) is 0 Å². The molecule has 108 valence electrons. The second-order valence-electron chi connectivity index (χ2n) is 6.04. The minimum absolute atomic E-state index is 0.463. The van der Waals surface area contributed by atoms with Gasteiger partial charge in [-0.15, -0.1) is 5.10 Å². The van der Waals surface area contributed by atoms with Crippen LogP contribution in [-0.4, -0.2) is 26.2 Å². The highest BCUT2D eigenvalue weighted by molar-refractivity contribution is 4.86. The van der Waals surface area contributed by atoms with Crippen LogP contribution >= 0.6 is 0 Å². The van der Waals surface area contributed by atoms with Crippen molar-refractivity contribution in [2.75, 3.05) is 0 Å². The summed E-state index contributed by atoms with van der Waals surface area (Å²) in [6, 6.07) is 0.970. The third kappa shape index (κ3) is 4.00. The summed E-state index contributed by atoms with van der Waals surface area (Å²) in [5.74, 6) is 1.91. The van der Waals surface area contributed by atoms with Crippen LogP contribution in [0.2, 0.25) is 0 Å². The number of nitrogens with zero attached hydrogens (tertiary/aromatic N) is 4. The van der Waals surface area contributed by atoms with Crippen LogP contribution in [0.25, 0.3) is 0 Å². The van der Waals surface area contributed by atoms with E-state index in [0.29, 0.717) is 12.1 Å².